The van der Waals surface area contributed by atoms with Crippen LogP contribution in [0.1, 0.15) is 19.8 Å². The Morgan fingerprint density at radius 2 is 1.90 bits per heavy atom. The number of amides is 2. The van der Waals surface area contributed by atoms with Gasteiger partial charge in [-0.25, -0.2) is 4.98 Å². The molecule has 0 spiro atoms. The fraction of sp³-hybridized carbons (Fsp3) is 0.350. The second-order valence-electron chi connectivity index (χ2n) is 6.97. The molecule has 3 rings (SSSR count). The summed E-state index contributed by atoms with van der Waals surface area (Å²) < 4.78 is 0. The van der Waals surface area contributed by atoms with Crippen molar-refractivity contribution >= 4 is 58.1 Å². The Labute approximate surface area is 184 Å². The lowest BCUT2D eigenvalue weighted by atomic mass is 9.96. The minimum Gasteiger partial charge on any atom is -0.323 e. The molecule has 2 aromatic rings. The van der Waals surface area contributed by atoms with Crippen molar-refractivity contribution in [2.24, 2.45) is 5.92 Å². The maximum atomic E-state index is 12.7. The van der Waals surface area contributed by atoms with Crippen molar-refractivity contribution in [2.75, 3.05) is 23.7 Å². The number of carbonyl (C=O) groups is 2. The van der Waals surface area contributed by atoms with Gasteiger partial charge in [-0.15, -0.1) is 0 Å². The Morgan fingerprint density at radius 1 is 1.14 bits per heavy atom. The lowest BCUT2D eigenvalue weighted by Gasteiger charge is -2.35. The number of hydrogen-bond acceptors (Lipinski definition) is 4. The first kappa shape index (κ1) is 21.8. The molecule has 6 nitrogen and oxygen atoms in total. The van der Waals surface area contributed by atoms with Crippen molar-refractivity contribution in [1.29, 1.82) is 0 Å². The Bertz CT molecular complexity index is 892. The molecule has 1 aliphatic heterocycles. The molecule has 2 atom stereocenters. The van der Waals surface area contributed by atoms with Crippen LogP contribution in [0.15, 0.2) is 36.5 Å². The van der Waals surface area contributed by atoms with Crippen LogP contribution in [0.5, 0.6) is 0 Å². The van der Waals surface area contributed by atoms with Gasteiger partial charge >= 0.3 is 0 Å². The van der Waals surface area contributed by atoms with Crippen LogP contribution in [0.3, 0.4) is 0 Å². The Kier molecular flexibility index (Phi) is 7.35. The second kappa shape index (κ2) is 9.76. The molecule has 2 N–H and O–H groups in total. The fourth-order valence-electron chi connectivity index (χ4n) is 3.25. The second-order valence-corrected chi connectivity index (χ2v) is 8.25. The van der Waals surface area contributed by atoms with Gasteiger partial charge < -0.3 is 10.6 Å². The molecule has 2 unspecified atom stereocenters. The van der Waals surface area contributed by atoms with Crippen molar-refractivity contribution in [1.82, 2.24) is 9.88 Å². The predicted molar refractivity (Wildman–Crippen MR) is 117 cm³/mol. The van der Waals surface area contributed by atoms with Crippen molar-refractivity contribution < 1.29 is 9.59 Å². The van der Waals surface area contributed by atoms with E-state index in [0.717, 1.165) is 19.4 Å². The largest absolute Gasteiger partial charge is 0.323 e. The highest BCUT2D eigenvalue weighted by molar-refractivity contribution is 6.35. The SMILES string of the molecule is CC(C(=O)Nc1cc(Cl)ccc1Cl)N1CCCC(C(=O)Nc2ccc(Cl)cn2)C1. The van der Waals surface area contributed by atoms with Gasteiger partial charge in [0.1, 0.15) is 5.82 Å². The van der Waals surface area contributed by atoms with E-state index in [0.29, 0.717) is 33.1 Å². The lowest BCUT2D eigenvalue weighted by Crippen LogP contribution is -2.49. The normalized spacial score (nSPS) is 18.1. The van der Waals surface area contributed by atoms with E-state index in [1.807, 2.05) is 11.8 Å². The zero-order chi connectivity index (χ0) is 21.0. The third kappa shape index (κ3) is 5.82. The molecule has 1 aliphatic rings. The number of rotatable bonds is 5. The number of hydrogen-bond donors (Lipinski definition) is 2. The average molecular weight is 456 g/mol. The molecule has 0 aliphatic carbocycles. The number of aromatic nitrogens is 1. The molecule has 29 heavy (non-hydrogen) atoms. The number of nitrogens with zero attached hydrogens (tertiary/aromatic N) is 2. The molecule has 0 saturated carbocycles. The molecular weight excluding hydrogens is 435 g/mol. The highest BCUT2D eigenvalue weighted by atomic mass is 35.5. The highest BCUT2D eigenvalue weighted by Crippen LogP contribution is 2.26. The van der Waals surface area contributed by atoms with Crippen LogP contribution >= 0.6 is 34.8 Å². The van der Waals surface area contributed by atoms with Crippen molar-refractivity contribution in [3.8, 4) is 0 Å². The van der Waals surface area contributed by atoms with E-state index in [4.69, 9.17) is 34.8 Å². The molecule has 1 saturated heterocycles. The van der Waals surface area contributed by atoms with E-state index < -0.39 is 6.04 Å². The van der Waals surface area contributed by atoms with E-state index in [9.17, 15) is 9.59 Å². The van der Waals surface area contributed by atoms with Gasteiger partial charge in [-0.05, 0) is 56.6 Å². The van der Waals surface area contributed by atoms with E-state index in [1.54, 1.807) is 30.3 Å². The van der Waals surface area contributed by atoms with Gasteiger partial charge in [-0.2, -0.15) is 0 Å². The van der Waals surface area contributed by atoms with Crippen molar-refractivity contribution in [3.63, 3.8) is 0 Å². The molecular formula is C20H21Cl3N4O2. The number of piperidine rings is 1. The summed E-state index contributed by atoms with van der Waals surface area (Å²) in [5.41, 5.74) is 0.469. The van der Waals surface area contributed by atoms with Gasteiger partial charge in [0.15, 0.2) is 0 Å². The van der Waals surface area contributed by atoms with Gasteiger partial charge in [0.2, 0.25) is 11.8 Å². The summed E-state index contributed by atoms with van der Waals surface area (Å²) in [6.07, 6.45) is 3.06. The number of carbonyl (C=O) groups excluding carboxylic acids is 2. The third-order valence-electron chi connectivity index (χ3n) is 4.92. The number of halogens is 3. The average Bonchev–Trinajstić information content (AvgIpc) is 2.72. The van der Waals surface area contributed by atoms with Crippen LogP contribution < -0.4 is 10.6 Å². The van der Waals surface area contributed by atoms with Crippen LogP contribution in [0.2, 0.25) is 15.1 Å². The molecule has 9 heteroatoms. The van der Waals surface area contributed by atoms with Crippen LogP contribution in [0.4, 0.5) is 11.5 Å². The lowest BCUT2D eigenvalue weighted by molar-refractivity contribution is -0.125. The van der Waals surface area contributed by atoms with Gasteiger partial charge in [0, 0.05) is 17.8 Å². The molecule has 0 radical (unpaired) electrons. The molecule has 154 valence electrons. The van der Waals surface area contributed by atoms with Gasteiger partial charge in [-0.3, -0.25) is 14.5 Å². The maximum absolute atomic E-state index is 12.7. The van der Waals surface area contributed by atoms with Gasteiger partial charge in [0.25, 0.3) is 0 Å². The predicted octanol–water partition coefficient (Wildman–Crippen LogP) is 4.72. The fourth-order valence-corrected chi connectivity index (χ4v) is 3.70. The van der Waals surface area contributed by atoms with Crippen molar-refractivity contribution in [2.45, 2.75) is 25.8 Å². The van der Waals surface area contributed by atoms with Crippen LogP contribution in [0, 0.1) is 5.92 Å². The number of anilines is 2. The summed E-state index contributed by atoms with van der Waals surface area (Å²) >= 11 is 17.9. The zero-order valence-electron chi connectivity index (χ0n) is 15.8. The molecule has 2 heterocycles. The first-order chi connectivity index (χ1) is 13.8. The summed E-state index contributed by atoms with van der Waals surface area (Å²) in [4.78, 5) is 31.4. The monoisotopic (exact) mass is 454 g/mol. The zero-order valence-corrected chi connectivity index (χ0v) is 18.1. The first-order valence-corrected chi connectivity index (χ1v) is 10.4. The highest BCUT2D eigenvalue weighted by Gasteiger charge is 2.31. The standard InChI is InChI=1S/C20H21Cl3N4O2/c1-12(19(28)25-17-9-14(21)4-6-16(17)23)27-8-2-3-13(11-27)20(29)26-18-7-5-15(22)10-24-18/h4-7,9-10,12-13H,2-3,8,11H2,1H3,(H,25,28)(H,24,26,29). The third-order valence-corrected chi connectivity index (χ3v) is 5.70. The van der Waals surface area contributed by atoms with E-state index in [-0.39, 0.29) is 17.7 Å². The first-order valence-electron chi connectivity index (χ1n) is 9.26. The summed E-state index contributed by atoms with van der Waals surface area (Å²) in [6, 6.07) is 7.81. The summed E-state index contributed by atoms with van der Waals surface area (Å²) in [6.45, 7) is 3.03. The number of nitrogens with one attached hydrogen (secondary N) is 2. The maximum Gasteiger partial charge on any atom is 0.241 e. The van der Waals surface area contributed by atoms with E-state index in [1.165, 1.54) is 6.20 Å². The van der Waals surface area contributed by atoms with E-state index in [2.05, 4.69) is 15.6 Å². The molecule has 2 amide bonds. The van der Waals surface area contributed by atoms with Gasteiger partial charge in [0.05, 0.1) is 27.7 Å². The summed E-state index contributed by atoms with van der Waals surface area (Å²) in [7, 11) is 0. The minimum atomic E-state index is -0.422. The molecule has 0 bridgehead atoms. The topological polar surface area (TPSA) is 74.3 Å². The Balaban J connectivity index is 1.60. The van der Waals surface area contributed by atoms with Crippen LogP contribution in [0.25, 0.3) is 0 Å². The molecule has 1 aromatic heterocycles. The smallest absolute Gasteiger partial charge is 0.241 e. The number of benzene rings is 1. The minimum absolute atomic E-state index is 0.116. The Morgan fingerprint density at radius 3 is 2.62 bits per heavy atom. The van der Waals surface area contributed by atoms with Crippen LogP contribution in [-0.2, 0) is 9.59 Å². The molecule has 1 fully saturated rings. The quantitative estimate of drug-likeness (QED) is 0.684. The van der Waals surface area contributed by atoms with Crippen molar-refractivity contribution in [3.05, 3.63) is 51.6 Å². The van der Waals surface area contributed by atoms with Gasteiger partial charge in [-0.1, -0.05) is 34.8 Å². The molecule has 1 aromatic carbocycles. The summed E-state index contributed by atoms with van der Waals surface area (Å²) in [5.74, 6) is -0.0891. The van der Waals surface area contributed by atoms with E-state index >= 15 is 0 Å². The number of likely N-dealkylation sites (tertiary alicyclic amines) is 1. The Hall–Kier alpha value is -1.86. The van der Waals surface area contributed by atoms with Crippen LogP contribution in [-0.4, -0.2) is 40.8 Å². The number of pyridine rings is 1. The summed E-state index contributed by atoms with van der Waals surface area (Å²) in [5, 5.41) is 7.04.